The van der Waals surface area contributed by atoms with Gasteiger partial charge in [0.25, 0.3) is 5.91 Å². The van der Waals surface area contributed by atoms with Crippen LogP contribution in [0.1, 0.15) is 35.7 Å². The van der Waals surface area contributed by atoms with Crippen molar-refractivity contribution in [2.24, 2.45) is 5.92 Å². The molecule has 6 nitrogen and oxygen atoms in total. The number of hydrogen-bond acceptors (Lipinski definition) is 4. The number of pyridine rings is 1. The molecule has 6 heteroatoms. The van der Waals surface area contributed by atoms with E-state index in [-0.39, 0.29) is 11.9 Å². The number of ether oxygens (including phenoxy) is 1. The number of carbonyl (C=O) groups excluding carboxylic acids is 1. The number of hydrogen-bond donors (Lipinski definition) is 1. The first-order chi connectivity index (χ1) is 12.6. The predicted molar refractivity (Wildman–Crippen MR) is 95.9 cm³/mol. The summed E-state index contributed by atoms with van der Waals surface area (Å²) >= 11 is 0. The highest BCUT2D eigenvalue weighted by Gasteiger charge is 2.35. The topological polar surface area (TPSA) is 79.7 Å². The summed E-state index contributed by atoms with van der Waals surface area (Å²) in [6.07, 6.45) is 2.83. The number of rotatable bonds is 5. The minimum Gasteiger partial charge on any atom is -0.481 e. The Labute approximate surface area is 152 Å². The molecule has 1 fully saturated rings. The second-order valence-electron chi connectivity index (χ2n) is 6.48. The summed E-state index contributed by atoms with van der Waals surface area (Å²) in [5.74, 6) is -1.19. The molecule has 3 rings (SSSR count). The van der Waals surface area contributed by atoms with Gasteiger partial charge in [0.15, 0.2) is 0 Å². The minimum atomic E-state index is -0.850. The van der Waals surface area contributed by atoms with Crippen molar-refractivity contribution >= 4 is 11.9 Å². The van der Waals surface area contributed by atoms with Crippen molar-refractivity contribution < 1.29 is 19.4 Å². The fraction of sp³-hybridized carbons (Fsp3) is 0.350. The van der Waals surface area contributed by atoms with Crippen LogP contribution >= 0.6 is 0 Å². The maximum absolute atomic E-state index is 12.9. The van der Waals surface area contributed by atoms with Crippen LogP contribution in [-0.2, 0) is 11.4 Å². The summed E-state index contributed by atoms with van der Waals surface area (Å²) in [6, 6.07) is 12.6. The van der Waals surface area contributed by atoms with Gasteiger partial charge in [-0.25, -0.2) is 4.98 Å². The zero-order valence-electron chi connectivity index (χ0n) is 14.7. The van der Waals surface area contributed by atoms with Crippen molar-refractivity contribution in [2.75, 3.05) is 6.54 Å². The first kappa shape index (κ1) is 17.9. The highest BCUT2D eigenvalue weighted by Crippen LogP contribution is 2.26. The quantitative estimate of drug-likeness (QED) is 0.893. The first-order valence-electron chi connectivity index (χ1n) is 8.73. The van der Waals surface area contributed by atoms with Crippen molar-refractivity contribution in [1.82, 2.24) is 9.88 Å². The second kappa shape index (κ2) is 7.99. The van der Waals surface area contributed by atoms with Crippen LogP contribution in [0.2, 0.25) is 0 Å². The van der Waals surface area contributed by atoms with E-state index in [2.05, 4.69) is 4.98 Å². The van der Waals surface area contributed by atoms with Gasteiger partial charge in [0.2, 0.25) is 5.88 Å². The molecule has 1 aromatic carbocycles. The number of amides is 1. The highest BCUT2D eigenvalue weighted by molar-refractivity contribution is 5.95. The Morgan fingerprint density at radius 2 is 2.04 bits per heavy atom. The average molecular weight is 354 g/mol. The van der Waals surface area contributed by atoms with E-state index in [1.807, 2.05) is 30.3 Å². The van der Waals surface area contributed by atoms with Crippen molar-refractivity contribution in [3.63, 3.8) is 0 Å². The van der Waals surface area contributed by atoms with Gasteiger partial charge in [0, 0.05) is 30.4 Å². The molecule has 1 N–H and O–H groups in total. The third-order valence-corrected chi connectivity index (χ3v) is 4.78. The summed E-state index contributed by atoms with van der Waals surface area (Å²) in [6.45, 7) is 2.73. The Kier molecular flexibility index (Phi) is 5.51. The van der Waals surface area contributed by atoms with Crippen LogP contribution < -0.4 is 4.74 Å². The van der Waals surface area contributed by atoms with Gasteiger partial charge >= 0.3 is 5.97 Å². The summed E-state index contributed by atoms with van der Waals surface area (Å²) in [5, 5.41) is 9.33. The van der Waals surface area contributed by atoms with Gasteiger partial charge < -0.3 is 14.7 Å². The monoisotopic (exact) mass is 354 g/mol. The molecule has 0 spiro atoms. The zero-order valence-corrected chi connectivity index (χ0v) is 14.7. The lowest BCUT2D eigenvalue weighted by molar-refractivity contribution is -0.144. The summed E-state index contributed by atoms with van der Waals surface area (Å²) < 4.78 is 5.68. The maximum atomic E-state index is 12.9. The molecule has 0 bridgehead atoms. The van der Waals surface area contributed by atoms with E-state index in [1.165, 1.54) is 6.20 Å². The van der Waals surface area contributed by atoms with E-state index in [1.54, 1.807) is 24.0 Å². The molecular weight excluding hydrogens is 332 g/mol. The van der Waals surface area contributed by atoms with Gasteiger partial charge in [-0.05, 0) is 31.4 Å². The number of aromatic nitrogens is 1. The molecule has 1 aromatic heterocycles. The van der Waals surface area contributed by atoms with Gasteiger partial charge in [0.1, 0.15) is 6.61 Å². The van der Waals surface area contributed by atoms with E-state index in [4.69, 9.17) is 4.74 Å². The van der Waals surface area contributed by atoms with Crippen molar-refractivity contribution in [3.05, 3.63) is 59.8 Å². The Hall–Kier alpha value is -2.89. The van der Waals surface area contributed by atoms with Gasteiger partial charge in [-0.3, -0.25) is 9.59 Å². The predicted octanol–water partition coefficient (Wildman–Crippen LogP) is 2.99. The molecule has 26 heavy (non-hydrogen) atoms. The van der Waals surface area contributed by atoms with E-state index >= 15 is 0 Å². The van der Waals surface area contributed by atoms with Gasteiger partial charge in [-0.1, -0.05) is 30.3 Å². The molecule has 0 radical (unpaired) electrons. The number of carbonyl (C=O) groups is 2. The lowest BCUT2D eigenvalue weighted by Gasteiger charge is -2.37. The standard InChI is InChI=1S/C20H22N2O4/c1-14-17(20(24)25)8-5-11-22(14)19(23)16-9-10-21-18(12-16)26-13-15-6-3-2-4-7-15/h2-4,6-7,9-10,12,14,17H,5,8,11,13H2,1H3,(H,24,25)/t14-,17-/m1/s1. The summed E-state index contributed by atoms with van der Waals surface area (Å²) in [4.78, 5) is 30.0. The minimum absolute atomic E-state index is 0.185. The van der Waals surface area contributed by atoms with Crippen LogP contribution in [0.5, 0.6) is 5.88 Å². The number of benzene rings is 1. The molecule has 0 unspecified atom stereocenters. The molecule has 1 saturated heterocycles. The number of piperidine rings is 1. The largest absolute Gasteiger partial charge is 0.481 e. The van der Waals surface area contributed by atoms with Gasteiger partial charge in [0.05, 0.1) is 5.92 Å². The molecule has 2 atom stereocenters. The third kappa shape index (κ3) is 4.02. The van der Waals surface area contributed by atoms with Crippen molar-refractivity contribution in [3.8, 4) is 5.88 Å². The van der Waals surface area contributed by atoms with Crippen molar-refractivity contribution in [2.45, 2.75) is 32.4 Å². The highest BCUT2D eigenvalue weighted by atomic mass is 16.5. The molecule has 0 saturated carbocycles. The maximum Gasteiger partial charge on any atom is 0.308 e. The van der Waals surface area contributed by atoms with Crippen molar-refractivity contribution in [1.29, 1.82) is 0 Å². The molecule has 1 aliphatic heterocycles. The lowest BCUT2D eigenvalue weighted by atomic mass is 9.90. The fourth-order valence-corrected chi connectivity index (χ4v) is 3.28. The van der Waals surface area contributed by atoms with E-state index < -0.39 is 11.9 Å². The Morgan fingerprint density at radius 1 is 1.27 bits per heavy atom. The molecular formula is C20H22N2O4. The number of carboxylic acids is 1. The van der Waals surface area contributed by atoms with Gasteiger partial charge in [-0.2, -0.15) is 0 Å². The van der Waals surface area contributed by atoms with Crippen LogP contribution in [0.3, 0.4) is 0 Å². The molecule has 0 aliphatic carbocycles. The fourth-order valence-electron chi connectivity index (χ4n) is 3.28. The van der Waals surface area contributed by atoms with E-state index in [0.717, 1.165) is 5.56 Å². The van der Waals surface area contributed by atoms with Crippen LogP contribution in [0.4, 0.5) is 0 Å². The molecule has 1 amide bonds. The number of aliphatic carboxylic acids is 1. The summed E-state index contributed by atoms with van der Waals surface area (Å²) in [7, 11) is 0. The third-order valence-electron chi connectivity index (χ3n) is 4.78. The Bertz CT molecular complexity index is 778. The number of likely N-dealkylation sites (tertiary alicyclic amines) is 1. The number of nitrogens with zero attached hydrogens (tertiary/aromatic N) is 2. The normalized spacial score (nSPS) is 19.8. The molecule has 1 aliphatic rings. The SMILES string of the molecule is C[C@@H]1[C@H](C(=O)O)CCCN1C(=O)c1ccnc(OCc2ccccc2)c1. The molecule has 136 valence electrons. The lowest BCUT2D eigenvalue weighted by Crippen LogP contribution is -2.49. The number of carboxylic acid groups (broad SMARTS) is 1. The van der Waals surface area contributed by atoms with Gasteiger partial charge in [-0.15, -0.1) is 0 Å². The first-order valence-corrected chi connectivity index (χ1v) is 8.73. The Morgan fingerprint density at radius 3 is 2.77 bits per heavy atom. The molecule has 2 aromatic rings. The Balaban J connectivity index is 1.70. The van der Waals surface area contributed by atoms with Crippen LogP contribution in [-0.4, -0.2) is 39.5 Å². The second-order valence-corrected chi connectivity index (χ2v) is 6.48. The molecule has 2 heterocycles. The van der Waals surface area contributed by atoms with Crippen LogP contribution in [0.15, 0.2) is 48.7 Å². The average Bonchev–Trinajstić information content (AvgIpc) is 2.67. The smallest absolute Gasteiger partial charge is 0.308 e. The van der Waals surface area contributed by atoms with Crippen LogP contribution in [0, 0.1) is 5.92 Å². The summed E-state index contributed by atoms with van der Waals surface area (Å²) in [5.41, 5.74) is 1.47. The van der Waals surface area contributed by atoms with Crippen LogP contribution in [0.25, 0.3) is 0 Å². The van der Waals surface area contributed by atoms with E-state index in [0.29, 0.717) is 37.4 Å². The zero-order chi connectivity index (χ0) is 18.5. The van der Waals surface area contributed by atoms with E-state index in [9.17, 15) is 14.7 Å².